The van der Waals surface area contributed by atoms with E-state index in [1.54, 1.807) is 22.7 Å². The molecule has 0 aliphatic carbocycles. The van der Waals surface area contributed by atoms with Crippen LogP contribution < -0.4 is 5.73 Å². The molecular formula is C14H19BrN2S2. The molecule has 2 rings (SSSR count). The third-order valence-corrected chi connectivity index (χ3v) is 5.84. The van der Waals surface area contributed by atoms with Gasteiger partial charge >= 0.3 is 0 Å². The Hall–Kier alpha value is -0.200. The fourth-order valence-corrected chi connectivity index (χ4v) is 4.70. The van der Waals surface area contributed by atoms with Gasteiger partial charge in [0.15, 0.2) is 0 Å². The van der Waals surface area contributed by atoms with Crippen LogP contribution in [0.2, 0.25) is 0 Å². The molecule has 0 saturated carbocycles. The summed E-state index contributed by atoms with van der Waals surface area (Å²) < 4.78 is 1.16. The predicted octanol–water partition coefficient (Wildman–Crippen LogP) is 4.48. The van der Waals surface area contributed by atoms with Crippen LogP contribution in [0.5, 0.6) is 0 Å². The molecule has 0 aliphatic heterocycles. The molecule has 2 aromatic rings. The topological polar surface area (TPSA) is 29.3 Å². The highest BCUT2D eigenvalue weighted by atomic mass is 79.9. The van der Waals surface area contributed by atoms with E-state index in [0.29, 0.717) is 6.04 Å². The zero-order chi connectivity index (χ0) is 13.8. The molecule has 0 amide bonds. The lowest BCUT2D eigenvalue weighted by Crippen LogP contribution is -2.37. The lowest BCUT2D eigenvalue weighted by Gasteiger charge is -2.31. The van der Waals surface area contributed by atoms with Gasteiger partial charge in [0, 0.05) is 32.2 Å². The summed E-state index contributed by atoms with van der Waals surface area (Å²) in [7, 11) is 2.16. The number of halogens is 1. The second kappa shape index (κ2) is 6.99. The van der Waals surface area contributed by atoms with Crippen molar-refractivity contribution < 1.29 is 0 Å². The van der Waals surface area contributed by atoms with E-state index in [2.05, 4.69) is 63.8 Å². The van der Waals surface area contributed by atoms with Gasteiger partial charge in [0.25, 0.3) is 0 Å². The summed E-state index contributed by atoms with van der Waals surface area (Å²) in [6, 6.07) is 6.94. The number of rotatable bonds is 6. The molecule has 104 valence electrons. The van der Waals surface area contributed by atoms with E-state index in [4.69, 9.17) is 5.73 Å². The lowest BCUT2D eigenvalue weighted by molar-refractivity contribution is 0.206. The minimum atomic E-state index is 0.173. The molecule has 0 saturated heterocycles. The fourth-order valence-electron chi connectivity index (χ4n) is 2.22. The molecule has 2 N–H and O–H groups in total. The summed E-state index contributed by atoms with van der Waals surface area (Å²) in [6.45, 7) is 3.09. The highest BCUT2D eigenvalue weighted by molar-refractivity contribution is 9.10. The molecule has 2 nitrogen and oxygen atoms in total. The molecule has 19 heavy (non-hydrogen) atoms. The molecular weight excluding hydrogens is 340 g/mol. The number of nitrogens with two attached hydrogens (primary N) is 1. The summed E-state index contributed by atoms with van der Waals surface area (Å²) in [6.07, 6.45) is 0.987. The Bertz CT molecular complexity index is 495. The molecule has 0 radical (unpaired) electrons. The van der Waals surface area contributed by atoms with Gasteiger partial charge in [-0.1, -0.05) is 13.0 Å². The zero-order valence-electron chi connectivity index (χ0n) is 11.2. The van der Waals surface area contributed by atoms with Crippen LogP contribution in [-0.2, 0) is 6.54 Å². The summed E-state index contributed by atoms with van der Waals surface area (Å²) in [5.41, 5.74) is 6.33. The predicted molar refractivity (Wildman–Crippen MR) is 88.8 cm³/mol. The third kappa shape index (κ3) is 3.89. The average Bonchev–Trinajstić information content (AvgIpc) is 3.01. The van der Waals surface area contributed by atoms with Crippen LogP contribution in [0, 0.1) is 0 Å². The SMILES string of the molecule is CCC(N)C(c1cccs1)N(C)Cc1cc(Br)cs1. The molecule has 0 aliphatic rings. The largest absolute Gasteiger partial charge is 0.326 e. The quantitative estimate of drug-likeness (QED) is 0.824. The van der Waals surface area contributed by atoms with Crippen LogP contribution in [0.15, 0.2) is 33.4 Å². The average molecular weight is 359 g/mol. The van der Waals surface area contributed by atoms with Crippen molar-refractivity contribution in [3.05, 3.63) is 43.2 Å². The Morgan fingerprint density at radius 1 is 1.42 bits per heavy atom. The van der Waals surface area contributed by atoms with Crippen LogP contribution in [0.3, 0.4) is 0 Å². The maximum Gasteiger partial charge on any atom is 0.0594 e. The molecule has 0 bridgehead atoms. The Balaban J connectivity index is 2.14. The second-order valence-corrected chi connectivity index (χ2v) is 7.57. The van der Waals surface area contributed by atoms with Gasteiger partial charge in [-0.3, -0.25) is 4.90 Å². The van der Waals surface area contributed by atoms with Gasteiger partial charge in [-0.15, -0.1) is 22.7 Å². The van der Waals surface area contributed by atoms with E-state index >= 15 is 0 Å². The van der Waals surface area contributed by atoms with Crippen molar-refractivity contribution in [2.24, 2.45) is 5.73 Å². The van der Waals surface area contributed by atoms with Crippen molar-refractivity contribution in [3.8, 4) is 0 Å². The van der Waals surface area contributed by atoms with Gasteiger partial charge < -0.3 is 5.73 Å². The van der Waals surface area contributed by atoms with Crippen LogP contribution >= 0.6 is 38.6 Å². The first-order valence-electron chi connectivity index (χ1n) is 6.34. The second-order valence-electron chi connectivity index (χ2n) is 4.68. The molecule has 2 aromatic heterocycles. The minimum Gasteiger partial charge on any atom is -0.326 e. The molecule has 2 atom stereocenters. The maximum absolute atomic E-state index is 6.33. The van der Waals surface area contributed by atoms with E-state index in [1.807, 2.05) is 0 Å². The molecule has 2 unspecified atom stereocenters. The number of likely N-dealkylation sites (N-methyl/N-ethyl adjacent to an activating group) is 1. The summed E-state index contributed by atoms with van der Waals surface area (Å²) in [5.74, 6) is 0. The summed E-state index contributed by atoms with van der Waals surface area (Å²) >= 11 is 7.09. The van der Waals surface area contributed by atoms with E-state index < -0.39 is 0 Å². The fraction of sp³-hybridized carbons (Fsp3) is 0.429. The monoisotopic (exact) mass is 358 g/mol. The van der Waals surface area contributed by atoms with Crippen molar-refractivity contribution in [1.29, 1.82) is 0 Å². The number of hydrogen-bond acceptors (Lipinski definition) is 4. The van der Waals surface area contributed by atoms with E-state index in [9.17, 15) is 0 Å². The Labute approximate surface area is 131 Å². The molecule has 0 aromatic carbocycles. The van der Waals surface area contributed by atoms with Crippen molar-refractivity contribution in [2.75, 3.05) is 7.05 Å². The third-order valence-electron chi connectivity index (χ3n) is 3.21. The highest BCUT2D eigenvalue weighted by Gasteiger charge is 2.24. The first-order chi connectivity index (χ1) is 9.11. The first-order valence-corrected chi connectivity index (χ1v) is 8.89. The molecule has 5 heteroatoms. The maximum atomic E-state index is 6.33. The van der Waals surface area contributed by atoms with Crippen LogP contribution in [-0.4, -0.2) is 18.0 Å². The Morgan fingerprint density at radius 2 is 2.21 bits per heavy atom. The van der Waals surface area contributed by atoms with Gasteiger partial charge in [-0.05, 0) is 46.9 Å². The first kappa shape index (κ1) is 15.2. The summed E-state index contributed by atoms with van der Waals surface area (Å²) in [4.78, 5) is 5.07. The van der Waals surface area contributed by atoms with Gasteiger partial charge in [-0.25, -0.2) is 0 Å². The van der Waals surface area contributed by atoms with Crippen molar-refractivity contribution >= 4 is 38.6 Å². The van der Waals surface area contributed by atoms with Gasteiger partial charge in [0.1, 0.15) is 0 Å². The smallest absolute Gasteiger partial charge is 0.0594 e. The number of thiophene rings is 2. The number of hydrogen-bond donors (Lipinski definition) is 1. The Kier molecular flexibility index (Phi) is 5.59. The van der Waals surface area contributed by atoms with Gasteiger partial charge in [0.05, 0.1) is 6.04 Å². The number of nitrogens with zero attached hydrogens (tertiary/aromatic N) is 1. The van der Waals surface area contributed by atoms with Crippen molar-refractivity contribution in [3.63, 3.8) is 0 Å². The molecule has 0 fully saturated rings. The van der Waals surface area contributed by atoms with Crippen molar-refractivity contribution in [1.82, 2.24) is 4.90 Å². The lowest BCUT2D eigenvalue weighted by atomic mass is 10.0. The van der Waals surface area contributed by atoms with Gasteiger partial charge in [-0.2, -0.15) is 0 Å². The summed E-state index contributed by atoms with van der Waals surface area (Å²) in [5, 5.41) is 4.25. The van der Waals surface area contributed by atoms with E-state index in [-0.39, 0.29) is 6.04 Å². The van der Waals surface area contributed by atoms with Crippen LogP contribution in [0.25, 0.3) is 0 Å². The zero-order valence-corrected chi connectivity index (χ0v) is 14.4. The molecule has 2 heterocycles. The van der Waals surface area contributed by atoms with Crippen molar-refractivity contribution in [2.45, 2.75) is 32.0 Å². The molecule has 0 spiro atoms. The Morgan fingerprint density at radius 3 is 2.74 bits per heavy atom. The van der Waals surface area contributed by atoms with Crippen LogP contribution in [0.1, 0.15) is 29.1 Å². The minimum absolute atomic E-state index is 0.173. The standard InChI is InChI=1S/C14H19BrN2S2/c1-3-12(16)14(13-5-4-6-18-13)17(2)8-11-7-10(15)9-19-11/h4-7,9,12,14H,3,8,16H2,1-2H3. The normalized spacial score (nSPS) is 14.8. The highest BCUT2D eigenvalue weighted by Crippen LogP contribution is 2.30. The van der Waals surface area contributed by atoms with E-state index in [1.165, 1.54) is 9.75 Å². The van der Waals surface area contributed by atoms with Gasteiger partial charge in [0.2, 0.25) is 0 Å². The van der Waals surface area contributed by atoms with E-state index in [0.717, 1.165) is 17.4 Å². The van der Waals surface area contributed by atoms with Crippen LogP contribution in [0.4, 0.5) is 0 Å².